The van der Waals surface area contributed by atoms with Gasteiger partial charge in [-0.25, -0.2) is 15.0 Å². The first-order chi connectivity index (χ1) is 11.3. The van der Waals surface area contributed by atoms with Crippen molar-refractivity contribution in [2.24, 2.45) is 13.0 Å². The summed E-state index contributed by atoms with van der Waals surface area (Å²) in [4.78, 5) is 15.6. The van der Waals surface area contributed by atoms with Crippen LogP contribution in [0.5, 0.6) is 5.88 Å². The maximum absolute atomic E-state index is 5.79. The number of hydrogen-bond acceptors (Lipinski definition) is 5. The standard InChI is InChI=1S/C17H19N5O/c1-21-16-14(5-4-9-19-16)20-17(21)22-10-7-13(11-22)12-23-15-6-2-3-8-18-15/h2-6,8-9,13H,7,10-12H2,1H3. The van der Waals surface area contributed by atoms with E-state index in [0.717, 1.165) is 36.6 Å². The van der Waals surface area contributed by atoms with Crippen LogP contribution in [-0.2, 0) is 7.05 Å². The van der Waals surface area contributed by atoms with Gasteiger partial charge in [0.2, 0.25) is 11.8 Å². The normalized spacial score (nSPS) is 17.8. The number of aryl methyl sites for hydroxylation is 1. The molecule has 3 aromatic rings. The summed E-state index contributed by atoms with van der Waals surface area (Å²) in [5.41, 5.74) is 1.87. The van der Waals surface area contributed by atoms with E-state index in [1.807, 2.05) is 37.4 Å². The average Bonchev–Trinajstić information content (AvgIpc) is 3.19. The minimum absolute atomic E-state index is 0.491. The van der Waals surface area contributed by atoms with E-state index in [1.165, 1.54) is 0 Å². The third-order valence-corrected chi connectivity index (χ3v) is 4.28. The fourth-order valence-corrected chi connectivity index (χ4v) is 3.08. The minimum atomic E-state index is 0.491. The number of aromatic nitrogens is 4. The van der Waals surface area contributed by atoms with Gasteiger partial charge in [0.05, 0.1) is 6.61 Å². The molecule has 0 N–H and O–H groups in total. The van der Waals surface area contributed by atoms with E-state index in [9.17, 15) is 0 Å². The van der Waals surface area contributed by atoms with Gasteiger partial charge in [-0.15, -0.1) is 0 Å². The highest BCUT2D eigenvalue weighted by atomic mass is 16.5. The second-order valence-electron chi connectivity index (χ2n) is 5.90. The largest absolute Gasteiger partial charge is 0.477 e. The average molecular weight is 309 g/mol. The summed E-state index contributed by atoms with van der Waals surface area (Å²) in [5.74, 6) is 2.17. The van der Waals surface area contributed by atoms with Crippen LogP contribution in [0.25, 0.3) is 11.2 Å². The fourth-order valence-electron chi connectivity index (χ4n) is 3.08. The van der Waals surface area contributed by atoms with Gasteiger partial charge in [0.25, 0.3) is 0 Å². The Morgan fingerprint density at radius 2 is 2.09 bits per heavy atom. The molecule has 0 amide bonds. The van der Waals surface area contributed by atoms with Crippen LogP contribution in [0.3, 0.4) is 0 Å². The molecule has 3 aromatic heterocycles. The van der Waals surface area contributed by atoms with Crippen LogP contribution in [0.15, 0.2) is 42.7 Å². The Kier molecular flexibility index (Phi) is 3.57. The summed E-state index contributed by atoms with van der Waals surface area (Å²) in [6.45, 7) is 2.63. The van der Waals surface area contributed by atoms with Gasteiger partial charge >= 0.3 is 0 Å². The van der Waals surface area contributed by atoms with Gasteiger partial charge in [-0.1, -0.05) is 6.07 Å². The molecule has 0 spiro atoms. The number of fused-ring (bicyclic) bond motifs is 1. The zero-order valence-corrected chi connectivity index (χ0v) is 13.1. The number of nitrogens with zero attached hydrogens (tertiary/aromatic N) is 5. The quantitative estimate of drug-likeness (QED) is 0.740. The minimum Gasteiger partial charge on any atom is -0.477 e. The lowest BCUT2D eigenvalue weighted by atomic mass is 10.1. The Bertz CT molecular complexity index is 801. The lowest BCUT2D eigenvalue weighted by molar-refractivity contribution is 0.252. The molecule has 0 aliphatic carbocycles. The zero-order chi connectivity index (χ0) is 15.6. The highest BCUT2D eigenvalue weighted by Gasteiger charge is 2.26. The van der Waals surface area contributed by atoms with E-state index >= 15 is 0 Å². The Morgan fingerprint density at radius 3 is 2.91 bits per heavy atom. The second-order valence-corrected chi connectivity index (χ2v) is 5.90. The maximum atomic E-state index is 5.79. The van der Waals surface area contributed by atoms with E-state index in [1.54, 1.807) is 12.4 Å². The lowest BCUT2D eigenvalue weighted by Crippen LogP contribution is -2.24. The van der Waals surface area contributed by atoms with Gasteiger partial charge in [0.1, 0.15) is 5.52 Å². The van der Waals surface area contributed by atoms with Crippen LogP contribution in [0.4, 0.5) is 5.95 Å². The van der Waals surface area contributed by atoms with Crippen molar-refractivity contribution < 1.29 is 4.74 Å². The molecule has 4 rings (SSSR count). The van der Waals surface area contributed by atoms with Gasteiger partial charge in [0.15, 0.2) is 5.65 Å². The maximum Gasteiger partial charge on any atom is 0.213 e. The molecule has 1 unspecified atom stereocenters. The smallest absolute Gasteiger partial charge is 0.213 e. The highest BCUT2D eigenvalue weighted by molar-refractivity contribution is 5.74. The Hall–Kier alpha value is -2.63. The van der Waals surface area contributed by atoms with Crippen LogP contribution < -0.4 is 9.64 Å². The predicted octanol–water partition coefficient (Wildman–Crippen LogP) is 2.27. The molecule has 0 aromatic carbocycles. The Balaban J connectivity index is 1.44. The first-order valence-electron chi connectivity index (χ1n) is 7.87. The van der Waals surface area contributed by atoms with Crippen molar-refractivity contribution in [3.8, 4) is 5.88 Å². The van der Waals surface area contributed by atoms with E-state index in [4.69, 9.17) is 9.72 Å². The molecule has 6 heteroatoms. The summed E-state index contributed by atoms with van der Waals surface area (Å²) in [5, 5.41) is 0. The third-order valence-electron chi connectivity index (χ3n) is 4.28. The van der Waals surface area contributed by atoms with Crippen molar-refractivity contribution in [2.45, 2.75) is 6.42 Å². The lowest BCUT2D eigenvalue weighted by Gasteiger charge is -2.17. The van der Waals surface area contributed by atoms with Crippen LogP contribution >= 0.6 is 0 Å². The van der Waals surface area contributed by atoms with Crippen LogP contribution in [0.1, 0.15) is 6.42 Å². The van der Waals surface area contributed by atoms with Crippen molar-refractivity contribution in [1.82, 2.24) is 19.5 Å². The van der Waals surface area contributed by atoms with Crippen molar-refractivity contribution in [3.05, 3.63) is 42.7 Å². The zero-order valence-electron chi connectivity index (χ0n) is 13.1. The van der Waals surface area contributed by atoms with Crippen LogP contribution in [0.2, 0.25) is 0 Å². The number of rotatable bonds is 4. The Morgan fingerprint density at radius 1 is 1.17 bits per heavy atom. The molecule has 0 saturated carbocycles. The monoisotopic (exact) mass is 309 g/mol. The molecule has 0 radical (unpaired) electrons. The topological polar surface area (TPSA) is 56.1 Å². The van der Waals surface area contributed by atoms with E-state index in [0.29, 0.717) is 18.4 Å². The molecule has 1 fully saturated rings. The third kappa shape index (κ3) is 2.72. The van der Waals surface area contributed by atoms with E-state index in [-0.39, 0.29) is 0 Å². The summed E-state index contributed by atoms with van der Waals surface area (Å²) in [6, 6.07) is 9.65. The first kappa shape index (κ1) is 14.0. The van der Waals surface area contributed by atoms with Crippen molar-refractivity contribution in [3.63, 3.8) is 0 Å². The molecule has 1 aliphatic rings. The fraction of sp³-hybridized carbons (Fsp3) is 0.353. The number of imidazole rings is 1. The number of ether oxygens (including phenoxy) is 1. The molecule has 1 atom stereocenters. The molecule has 4 heterocycles. The first-order valence-corrected chi connectivity index (χ1v) is 7.87. The summed E-state index contributed by atoms with van der Waals surface area (Å²) >= 11 is 0. The molecular formula is C17H19N5O. The van der Waals surface area contributed by atoms with Crippen molar-refractivity contribution >= 4 is 17.1 Å². The summed E-state index contributed by atoms with van der Waals surface area (Å²) in [6.07, 6.45) is 4.66. The number of hydrogen-bond donors (Lipinski definition) is 0. The van der Waals surface area contributed by atoms with Crippen molar-refractivity contribution in [2.75, 3.05) is 24.6 Å². The van der Waals surface area contributed by atoms with Gasteiger partial charge in [-0.3, -0.25) is 4.57 Å². The summed E-state index contributed by atoms with van der Waals surface area (Å²) in [7, 11) is 2.02. The second kappa shape index (κ2) is 5.87. The van der Waals surface area contributed by atoms with Gasteiger partial charge in [-0.05, 0) is 24.6 Å². The molecular weight excluding hydrogens is 290 g/mol. The van der Waals surface area contributed by atoms with Gasteiger partial charge in [0, 0.05) is 44.5 Å². The Labute approximate surface area is 134 Å². The van der Waals surface area contributed by atoms with Crippen LogP contribution in [-0.4, -0.2) is 39.2 Å². The molecule has 118 valence electrons. The summed E-state index contributed by atoms with van der Waals surface area (Å²) < 4.78 is 7.85. The predicted molar refractivity (Wildman–Crippen MR) is 88.6 cm³/mol. The van der Waals surface area contributed by atoms with Crippen molar-refractivity contribution in [1.29, 1.82) is 0 Å². The van der Waals surface area contributed by atoms with E-state index in [2.05, 4.69) is 19.4 Å². The molecule has 23 heavy (non-hydrogen) atoms. The van der Waals surface area contributed by atoms with Gasteiger partial charge in [-0.2, -0.15) is 0 Å². The molecule has 1 saturated heterocycles. The molecule has 6 nitrogen and oxygen atoms in total. The molecule has 0 bridgehead atoms. The van der Waals surface area contributed by atoms with Crippen LogP contribution in [0, 0.1) is 5.92 Å². The van der Waals surface area contributed by atoms with Gasteiger partial charge < -0.3 is 9.64 Å². The van der Waals surface area contributed by atoms with E-state index < -0.39 is 0 Å². The highest BCUT2D eigenvalue weighted by Crippen LogP contribution is 2.25. The number of anilines is 1. The number of pyridine rings is 2. The SMILES string of the molecule is Cn1c(N2CCC(COc3ccccn3)C2)nc2cccnc21. The molecule has 1 aliphatic heterocycles.